The van der Waals surface area contributed by atoms with Crippen LogP contribution in [0, 0.1) is 0 Å². The average molecular weight is 456 g/mol. The normalized spacial score (nSPS) is 12.2. The number of nitrogens with one attached hydrogen (secondary N) is 1. The summed E-state index contributed by atoms with van der Waals surface area (Å²) in [6.45, 7) is 1.83. The van der Waals surface area contributed by atoms with Crippen LogP contribution in [0.15, 0.2) is 88.8 Å². The zero-order valence-electron chi connectivity index (χ0n) is 18.1. The minimum absolute atomic E-state index is 0.134. The molecule has 2 aromatic heterocycles. The molecule has 0 aliphatic heterocycles. The molecule has 0 spiro atoms. The van der Waals surface area contributed by atoms with E-state index in [4.69, 9.17) is 0 Å². The summed E-state index contributed by atoms with van der Waals surface area (Å²) < 4.78 is 3.29. The molecule has 5 rings (SSSR count). The number of carbonyl (C=O) groups is 1. The second-order valence-electron chi connectivity index (χ2n) is 7.66. The molecular weight excluding hydrogens is 434 g/mol. The number of nitrogens with zero attached hydrogens (tertiary/aromatic N) is 4. The molecule has 0 saturated heterocycles. The van der Waals surface area contributed by atoms with E-state index in [9.17, 15) is 9.59 Å². The van der Waals surface area contributed by atoms with Crippen molar-refractivity contribution in [2.75, 3.05) is 5.32 Å². The van der Waals surface area contributed by atoms with Crippen molar-refractivity contribution in [2.24, 2.45) is 7.05 Å². The standard InChI is InChI=1S/C25H21N5O2S/c1-16(22(31)26-20-14-8-6-12-18(20)17-10-4-3-5-11-17)33-25-28-27-24-29(2)23(32)19-13-7-9-15-21(19)30(24)25/h3-16H,1-2H3,(H,26,31). The Morgan fingerprint density at radius 1 is 0.939 bits per heavy atom. The SMILES string of the molecule is CC(Sc1nnc2n(C)c(=O)c3ccccc3n12)C(=O)Nc1ccccc1-c1ccccc1. The number of fused-ring (bicyclic) bond motifs is 3. The van der Waals surface area contributed by atoms with Crippen molar-refractivity contribution in [3.05, 3.63) is 89.2 Å². The molecule has 33 heavy (non-hydrogen) atoms. The van der Waals surface area contributed by atoms with E-state index in [0.29, 0.717) is 21.8 Å². The van der Waals surface area contributed by atoms with E-state index >= 15 is 0 Å². The van der Waals surface area contributed by atoms with Gasteiger partial charge in [-0.2, -0.15) is 0 Å². The molecule has 164 valence electrons. The van der Waals surface area contributed by atoms with E-state index in [1.165, 1.54) is 16.3 Å². The lowest BCUT2D eigenvalue weighted by Crippen LogP contribution is -2.23. The van der Waals surface area contributed by atoms with E-state index in [0.717, 1.165) is 16.8 Å². The van der Waals surface area contributed by atoms with Gasteiger partial charge in [-0.1, -0.05) is 72.4 Å². The van der Waals surface area contributed by atoms with Crippen molar-refractivity contribution in [2.45, 2.75) is 17.3 Å². The van der Waals surface area contributed by atoms with Gasteiger partial charge in [0, 0.05) is 18.3 Å². The number of aryl methyl sites for hydroxylation is 1. The van der Waals surface area contributed by atoms with Crippen molar-refractivity contribution in [3.8, 4) is 11.1 Å². The lowest BCUT2D eigenvalue weighted by molar-refractivity contribution is -0.115. The smallest absolute Gasteiger partial charge is 0.262 e. The highest BCUT2D eigenvalue weighted by Gasteiger charge is 2.21. The maximum atomic E-state index is 13.1. The molecule has 1 N–H and O–H groups in total. The lowest BCUT2D eigenvalue weighted by Gasteiger charge is -2.15. The summed E-state index contributed by atoms with van der Waals surface area (Å²) in [6, 6.07) is 25.0. The predicted molar refractivity (Wildman–Crippen MR) is 132 cm³/mol. The molecule has 0 fully saturated rings. The van der Waals surface area contributed by atoms with Gasteiger partial charge < -0.3 is 5.32 Å². The third kappa shape index (κ3) is 3.78. The van der Waals surface area contributed by atoms with Crippen molar-refractivity contribution < 1.29 is 4.79 Å². The van der Waals surface area contributed by atoms with E-state index in [2.05, 4.69) is 15.5 Å². The summed E-state index contributed by atoms with van der Waals surface area (Å²) in [5, 5.41) is 12.2. The Kier molecular flexibility index (Phi) is 5.43. The van der Waals surface area contributed by atoms with Gasteiger partial charge in [-0.25, -0.2) is 0 Å². The van der Waals surface area contributed by atoms with Gasteiger partial charge in [0.15, 0.2) is 5.16 Å². The van der Waals surface area contributed by atoms with Gasteiger partial charge in [0.05, 0.1) is 16.2 Å². The van der Waals surface area contributed by atoms with Crippen LogP contribution in [0.1, 0.15) is 6.92 Å². The van der Waals surface area contributed by atoms with Crippen molar-refractivity contribution >= 4 is 40.0 Å². The van der Waals surface area contributed by atoms with Crippen LogP contribution in [0.2, 0.25) is 0 Å². The number of thioether (sulfide) groups is 1. The summed E-state index contributed by atoms with van der Waals surface area (Å²) >= 11 is 1.30. The molecule has 5 aromatic rings. The first-order chi connectivity index (χ1) is 16.0. The molecule has 0 saturated carbocycles. The molecule has 8 heteroatoms. The first-order valence-electron chi connectivity index (χ1n) is 10.5. The zero-order chi connectivity index (χ0) is 22.9. The maximum Gasteiger partial charge on any atom is 0.262 e. The molecule has 7 nitrogen and oxygen atoms in total. The molecule has 0 aliphatic carbocycles. The fourth-order valence-corrected chi connectivity index (χ4v) is 4.65. The summed E-state index contributed by atoms with van der Waals surface area (Å²) in [5.41, 5.74) is 3.32. The topological polar surface area (TPSA) is 81.3 Å². The van der Waals surface area contributed by atoms with Crippen molar-refractivity contribution in [1.29, 1.82) is 0 Å². The van der Waals surface area contributed by atoms with Crippen LogP contribution in [0.25, 0.3) is 27.8 Å². The second kappa shape index (κ2) is 8.55. The first-order valence-corrected chi connectivity index (χ1v) is 11.4. The number of para-hydroxylation sites is 2. The summed E-state index contributed by atoms with van der Waals surface area (Å²) in [5.74, 6) is 0.289. The number of amides is 1. The van der Waals surface area contributed by atoms with Gasteiger partial charge in [0.25, 0.3) is 5.56 Å². The minimum Gasteiger partial charge on any atom is -0.325 e. The van der Waals surface area contributed by atoms with Gasteiger partial charge >= 0.3 is 0 Å². The highest BCUT2D eigenvalue weighted by atomic mass is 32.2. The first kappa shape index (κ1) is 21.0. The number of aromatic nitrogens is 4. The molecule has 1 unspecified atom stereocenters. The van der Waals surface area contributed by atoms with E-state index in [-0.39, 0.29) is 11.5 Å². The Labute approximate surface area is 194 Å². The highest BCUT2D eigenvalue weighted by molar-refractivity contribution is 8.00. The van der Waals surface area contributed by atoms with Gasteiger partial charge in [0.1, 0.15) is 0 Å². The molecular formula is C25H21N5O2S. The van der Waals surface area contributed by atoms with Crippen LogP contribution in [-0.2, 0) is 11.8 Å². The number of carbonyl (C=O) groups excluding carboxylic acids is 1. The van der Waals surface area contributed by atoms with Crippen LogP contribution in [0.4, 0.5) is 5.69 Å². The van der Waals surface area contributed by atoms with Crippen LogP contribution in [0.5, 0.6) is 0 Å². The van der Waals surface area contributed by atoms with E-state index in [1.54, 1.807) is 13.1 Å². The second-order valence-corrected chi connectivity index (χ2v) is 8.97. The summed E-state index contributed by atoms with van der Waals surface area (Å²) in [7, 11) is 1.67. The Morgan fingerprint density at radius 2 is 1.64 bits per heavy atom. The molecule has 2 heterocycles. The number of hydrogen-bond acceptors (Lipinski definition) is 5. The zero-order valence-corrected chi connectivity index (χ0v) is 18.9. The van der Waals surface area contributed by atoms with E-state index < -0.39 is 5.25 Å². The van der Waals surface area contributed by atoms with E-state index in [1.807, 2.05) is 84.1 Å². The molecule has 0 radical (unpaired) electrons. The summed E-state index contributed by atoms with van der Waals surface area (Å²) in [4.78, 5) is 25.7. The minimum atomic E-state index is -0.447. The third-order valence-corrected chi connectivity index (χ3v) is 6.56. The van der Waals surface area contributed by atoms with Crippen molar-refractivity contribution in [3.63, 3.8) is 0 Å². The fourth-order valence-electron chi connectivity index (χ4n) is 3.80. The summed E-state index contributed by atoms with van der Waals surface area (Å²) in [6.07, 6.45) is 0. The van der Waals surface area contributed by atoms with Crippen LogP contribution < -0.4 is 10.9 Å². The van der Waals surface area contributed by atoms with Gasteiger partial charge in [0.2, 0.25) is 11.7 Å². The maximum absolute atomic E-state index is 13.1. The Hall–Kier alpha value is -3.91. The largest absolute Gasteiger partial charge is 0.325 e. The number of anilines is 1. The van der Waals surface area contributed by atoms with Crippen LogP contribution >= 0.6 is 11.8 Å². The lowest BCUT2D eigenvalue weighted by atomic mass is 10.0. The molecule has 0 bridgehead atoms. The van der Waals surface area contributed by atoms with Gasteiger partial charge in [-0.3, -0.25) is 18.6 Å². The van der Waals surface area contributed by atoms with Gasteiger partial charge in [-0.15, -0.1) is 10.2 Å². The number of rotatable bonds is 5. The molecule has 0 aliphatic rings. The fraction of sp³-hybridized carbons (Fsp3) is 0.120. The molecule has 3 aromatic carbocycles. The molecule has 1 atom stereocenters. The number of hydrogen-bond donors (Lipinski definition) is 1. The average Bonchev–Trinajstić information content (AvgIpc) is 3.27. The monoisotopic (exact) mass is 455 g/mol. The quantitative estimate of drug-likeness (QED) is 0.398. The number of benzene rings is 3. The van der Waals surface area contributed by atoms with Crippen molar-refractivity contribution in [1.82, 2.24) is 19.2 Å². The Morgan fingerprint density at radius 3 is 2.45 bits per heavy atom. The Bertz CT molecular complexity index is 1540. The van der Waals surface area contributed by atoms with Gasteiger partial charge in [-0.05, 0) is 30.7 Å². The highest BCUT2D eigenvalue weighted by Crippen LogP contribution is 2.30. The van der Waals surface area contributed by atoms with Crippen LogP contribution in [0.3, 0.4) is 0 Å². The molecule has 1 amide bonds. The van der Waals surface area contributed by atoms with Crippen LogP contribution in [-0.4, -0.2) is 30.3 Å². The third-order valence-electron chi connectivity index (χ3n) is 5.52. The predicted octanol–water partition coefficient (Wildman–Crippen LogP) is 4.37. The Balaban J connectivity index is 1.45.